The van der Waals surface area contributed by atoms with Crippen molar-refractivity contribution in [1.29, 1.82) is 0 Å². The summed E-state index contributed by atoms with van der Waals surface area (Å²) in [6.07, 6.45) is 4.75. The molecular formula is C12H18N4O2S. The lowest BCUT2D eigenvalue weighted by Crippen LogP contribution is -2.34. The fraction of sp³-hybridized carbons (Fsp3) is 0.750. The molecule has 1 aliphatic heterocycles. The van der Waals surface area contributed by atoms with Gasteiger partial charge < -0.3 is 14.6 Å². The molecule has 1 aromatic heterocycles. The van der Waals surface area contributed by atoms with E-state index >= 15 is 0 Å². The zero-order chi connectivity index (χ0) is 13.5. The van der Waals surface area contributed by atoms with Crippen LogP contribution in [-0.2, 0) is 4.79 Å². The normalized spacial score (nSPS) is 26.9. The molecule has 1 atom stereocenters. The highest BCUT2D eigenvalue weighted by atomic mass is 32.2. The van der Waals surface area contributed by atoms with Crippen molar-refractivity contribution in [2.45, 2.75) is 43.0 Å². The minimum Gasteiger partial charge on any atom is -0.388 e. The van der Waals surface area contributed by atoms with Crippen LogP contribution in [-0.4, -0.2) is 55.1 Å². The molecule has 1 aliphatic carbocycles. The molecule has 0 aromatic carbocycles. The van der Waals surface area contributed by atoms with E-state index in [1.54, 1.807) is 18.2 Å². The second-order valence-corrected chi connectivity index (χ2v) is 6.55. The summed E-state index contributed by atoms with van der Waals surface area (Å²) in [5.74, 6) is 0.426. The van der Waals surface area contributed by atoms with Gasteiger partial charge in [-0.05, 0) is 26.2 Å². The van der Waals surface area contributed by atoms with Gasteiger partial charge in [0.15, 0.2) is 5.16 Å². The number of likely N-dealkylation sites (tertiary alicyclic amines) is 1. The molecule has 2 heterocycles. The van der Waals surface area contributed by atoms with Crippen molar-refractivity contribution in [3.8, 4) is 0 Å². The average Bonchev–Trinajstić information content (AvgIpc) is 2.99. The Kier molecular flexibility index (Phi) is 3.26. The van der Waals surface area contributed by atoms with Gasteiger partial charge in [0.1, 0.15) is 6.33 Å². The van der Waals surface area contributed by atoms with E-state index in [9.17, 15) is 9.90 Å². The SMILES string of the molecule is CC1(O)CCN(C(=O)CSc2nncn2C2CC2)C1. The largest absolute Gasteiger partial charge is 0.388 e. The summed E-state index contributed by atoms with van der Waals surface area (Å²) in [5, 5.41) is 18.7. The number of β-amino-alcohol motifs (C(OH)–C–C–N with tert-alkyl or cyclic N) is 1. The molecule has 1 unspecified atom stereocenters. The molecule has 2 fully saturated rings. The molecule has 3 rings (SSSR count). The van der Waals surface area contributed by atoms with Crippen molar-refractivity contribution in [1.82, 2.24) is 19.7 Å². The van der Waals surface area contributed by atoms with Gasteiger partial charge in [0, 0.05) is 19.1 Å². The highest BCUT2D eigenvalue weighted by molar-refractivity contribution is 7.99. The summed E-state index contributed by atoms with van der Waals surface area (Å²) in [7, 11) is 0. The molecular weight excluding hydrogens is 264 g/mol. The van der Waals surface area contributed by atoms with Gasteiger partial charge in [0.05, 0.1) is 11.4 Å². The van der Waals surface area contributed by atoms with Crippen molar-refractivity contribution in [2.24, 2.45) is 0 Å². The van der Waals surface area contributed by atoms with Gasteiger partial charge in [-0.3, -0.25) is 4.79 Å². The summed E-state index contributed by atoms with van der Waals surface area (Å²) in [4.78, 5) is 13.8. The molecule has 0 bridgehead atoms. The van der Waals surface area contributed by atoms with Crippen molar-refractivity contribution < 1.29 is 9.90 Å². The summed E-state index contributed by atoms with van der Waals surface area (Å²) >= 11 is 1.43. The van der Waals surface area contributed by atoms with Crippen molar-refractivity contribution in [3.05, 3.63) is 6.33 Å². The van der Waals surface area contributed by atoms with Gasteiger partial charge in [0.2, 0.25) is 5.91 Å². The van der Waals surface area contributed by atoms with E-state index in [2.05, 4.69) is 14.8 Å². The molecule has 104 valence electrons. The standard InChI is InChI=1S/C12H18N4O2S/c1-12(18)4-5-15(7-12)10(17)6-19-11-14-13-8-16(11)9-2-3-9/h8-9,18H,2-7H2,1H3. The number of carbonyl (C=O) groups excluding carboxylic acids is 1. The summed E-state index contributed by atoms with van der Waals surface area (Å²) in [6, 6.07) is 0.528. The first-order valence-electron chi connectivity index (χ1n) is 6.58. The zero-order valence-corrected chi connectivity index (χ0v) is 11.8. The Morgan fingerprint density at radius 2 is 2.42 bits per heavy atom. The van der Waals surface area contributed by atoms with E-state index in [1.807, 2.05) is 0 Å². The third-order valence-corrected chi connectivity index (χ3v) is 4.55. The third-order valence-electron chi connectivity index (χ3n) is 3.61. The summed E-state index contributed by atoms with van der Waals surface area (Å²) in [6.45, 7) is 2.85. The molecule has 1 saturated heterocycles. The quantitative estimate of drug-likeness (QED) is 0.823. The monoisotopic (exact) mass is 282 g/mol. The molecule has 1 N–H and O–H groups in total. The van der Waals surface area contributed by atoms with E-state index in [-0.39, 0.29) is 5.91 Å². The summed E-state index contributed by atoms with van der Waals surface area (Å²) < 4.78 is 2.05. The van der Waals surface area contributed by atoms with E-state index in [0.717, 1.165) is 5.16 Å². The van der Waals surface area contributed by atoms with Crippen LogP contribution in [0.15, 0.2) is 11.5 Å². The van der Waals surface area contributed by atoms with Crippen LogP contribution in [0.5, 0.6) is 0 Å². The Hall–Kier alpha value is -1.08. The number of hydrogen-bond donors (Lipinski definition) is 1. The molecule has 2 aliphatic rings. The Bertz CT molecular complexity index is 484. The lowest BCUT2D eigenvalue weighted by molar-refractivity contribution is -0.128. The molecule has 0 radical (unpaired) electrons. The Morgan fingerprint density at radius 3 is 3.05 bits per heavy atom. The highest BCUT2D eigenvalue weighted by Crippen LogP contribution is 2.37. The fourth-order valence-electron chi connectivity index (χ4n) is 2.31. The van der Waals surface area contributed by atoms with E-state index in [0.29, 0.717) is 31.3 Å². The molecule has 1 saturated carbocycles. The molecule has 7 heteroatoms. The van der Waals surface area contributed by atoms with Gasteiger partial charge in [-0.1, -0.05) is 11.8 Å². The number of rotatable bonds is 4. The van der Waals surface area contributed by atoms with E-state index in [4.69, 9.17) is 0 Å². The number of aliphatic hydroxyl groups is 1. The first-order valence-corrected chi connectivity index (χ1v) is 7.56. The third kappa shape index (κ3) is 2.92. The Labute approximate surface area is 116 Å². The lowest BCUT2D eigenvalue weighted by Gasteiger charge is -2.18. The number of hydrogen-bond acceptors (Lipinski definition) is 5. The predicted molar refractivity (Wildman–Crippen MR) is 70.8 cm³/mol. The molecule has 6 nitrogen and oxygen atoms in total. The van der Waals surface area contributed by atoms with Crippen LogP contribution < -0.4 is 0 Å². The van der Waals surface area contributed by atoms with Crippen LogP contribution in [0.2, 0.25) is 0 Å². The predicted octanol–water partition coefficient (Wildman–Crippen LogP) is 0.688. The van der Waals surface area contributed by atoms with Crippen LogP contribution in [0, 0.1) is 0 Å². The van der Waals surface area contributed by atoms with Crippen molar-refractivity contribution in [3.63, 3.8) is 0 Å². The maximum Gasteiger partial charge on any atom is 0.233 e. The van der Waals surface area contributed by atoms with E-state index < -0.39 is 5.60 Å². The number of thioether (sulfide) groups is 1. The van der Waals surface area contributed by atoms with Crippen LogP contribution in [0.3, 0.4) is 0 Å². The smallest absolute Gasteiger partial charge is 0.233 e. The number of amides is 1. The van der Waals surface area contributed by atoms with Crippen molar-refractivity contribution in [2.75, 3.05) is 18.8 Å². The minimum absolute atomic E-state index is 0.0631. The highest BCUT2D eigenvalue weighted by Gasteiger charge is 2.34. The first-order chi connectivity index (χ1) is 9.05. The maximum atomic E-state index is 12.1. The second kappa shape index (κ2) is 4.79. The lowest BCUT2D eigenvalue weighted by atomic mass is 10.1. The molecule has 19 heavy (non-hydrogen) atoms. The Balaban J connectivity index is 1.54. The first kappa shape index (κ1) is 12.9. The topological polar surface area (TPSA) is 71.2 Å². The average molecular weight is 282 g/mol. The maximum absolute atomic E-state index is 12.1. The molecule has 1 aromatic rings. The van der Waals surface area contributed by atoms with E-state index in [1.165, 1.54) is 24.6 Å². The number of carbonyl (C=O) groups is 1. The molecule has 1 amide bonds. The van der Waals surface area contributed by atoms with Crippen LogP contribution in [0.4, 0.5) is 0 Å². The van der Waals surface area contributed by atoms with Gasteiger partial charge in [-0.25, -0.2) is 0 Å². The minimum atomic E-state index is -0.728. The van der Waals surface area contributed by atoms with Crippen molar-refractivity contribution >= 4 is 17.7 Å². The number of nitrogens with zero attached hydrogens (tertiary/aromatic N) is 4. The van der Waals surface area contributed by atoms with Crippen LogP contribution in [0.1, 0.15) is 32.2 Å². The van der Waals surface area contributed by atoms with Crippen LogP contribution >= 0.6 is 11.8 Å². The second-order valence-electron chi connectivity index (χ2n) is 5.60. The number of aromatic nitrogens is 3. The summed E-state index contributed by atoms with van der Waals surface area (Å²) in [5.41, 5.74) is -0.728. The Morgan fingerprint density at radius 1 is 1.63 bits per heavy atom. The zero-order valence-electron chi connectivity index (χ0n) is 10.9. The van der Waals surface area contributed by atoms with Gasteiger partial charge in [-0.15, -0.1) is 10.2 Å². The fourth-order valence-corrected chi connectivity index (χ4v) is 3.20. The van der Waals surface area contributed by atoms with Gasteiger partial charge >= 0.3 is 0 Å². The van der Waals surface area contributed by atoms with Gasteiger partial charge in [-0.2, -0.15) is 0 Å². The molecule has 0 spiro atoms. The van der Waals surface area contributed by atoms with Crippen LogP contribution in [0.25, 0.3) is 0 Å². The van der Waals surface area contributed by atoms with Gasteiger partial charge in [0.25, 0.3) is 0 Å².